The molecule has 25 heavy (non-hydrogen) atoms. The molecule has 9 heteroatoms. The smallest absolute Gasteiger partial charge is 0.289 e. The number of carbonyl (C=O) groups is 1. The van der Waals surface area contributed by atoms with Gasteiger partial charge in [0.15, 0.2) is 11.5 Å². The van der Waals surface area contributed by atoms with Gasteiger partial charge in [-0.3, -0.25) is 4.79 Å². The van der Waals surface area contributed by atoms with Crippen molar-refractivity contribution in [3.8, 4) is 0 Å². The number of amides is 1. The molecule has 5 rings (SSSR count). The van der Waals surface area contributed by atoms with Crippen LogP contribution >= 0.6 is 0 Å². The van der Waals surface area contributed by atoms with Crippen molar-refractivity contribution in [2.45, 2.75) is 18.8 Å². The van der Waals surface area contributed by atoms with Gasteiger partial charge in [0.2, 0.25) is 5.76 Å². The number of fused-ring (bicyclic) bond motifs is 1. The first kappa shape index (κ1) is 14.4. The summed E-state index contributed by atoms with van der Waals surface area (Å²) in [5, 5.41) is 19.5. The van der Waals surface area contributed by atoms with Crippen LogP contribution in [0.1, 0.15) is 35.1 Å². The molecule has 4 heterocycles. The number of hydrogen-bond donors (Lipinski definition) is 1. The van der Waals surface area contributed by atoms with Crippen molar-refractivity contribution in [2.75, 3.05) is 24.5 Å². The summed E-state index contributed by atoms with van der Waals surface area (Å²) >= 11 is 0. The lowest BCUT2D eigenvalue weighted by Crippen LogP contribution is -2.52. The lowest BCUT2D eigenvalue weighted by molar-refractivity contribution is 0.0907. The second-order valence-corrected chi connectivity index (χ2v) is 6.65. The third kappa shape index (κ3) is 2.61. The first-order chi connectivity index (χ1) is 12.3. The van der Waals surface area contributed by atoms with Crippen molar-refractivity contribution in [1.82, 2.24) is 30.3 Å². The van der Waals surface area contributed by atoms with Crippen LogP contribution < -0.4 is 10.2 Å². The van der Waals surface area contributed by atoms with Gasteiger partial charge < -0.3 is 14.7 Å². The van der Waals surface area contributed by atoms with Crippen molar-refractivity contribution in [3.63, 3.8) is 0 Å². The molecule has 2 fully saturated rings. The molecule has 0 unspecified atom stereocenters. The Labute approximate surface area is 143 Å². The first-order valence-corrected chi connectivity index (χ1v) is 8.44. The van der Waals surface area contributed by atoms with Crippen LogP contribution in [0.3, 0.4) is 0 Å². The average molecular weight is 339 g/mol. The van der Waals surface area contributed by atoms with Gasteiger partial charge in [-0.2, -0.15) is 4.52 Å². The fourth-order valence-electron chi connectivity index (χ4n) is 3.10. The Morgan fingerprint density at radius 2 is 2.12 bits per heavy atom. The molecule has 1 aliphatic carbocycles. The number of hydrogen-bond acceptors (Lipinski definition) is 7. The number of rotatable bonds is 5. The van der Waals surface area contributed by atoms with E-state index in [0.29, 0.717) is 18.4 Å². The summed E-state index contributed by atoms with van der Waals surface area (Å²) in [6.45, 7) is 2.32. The monoisotopic (exact) mass is 339 g/mol. The highest BCUT2D eigenvalue weighted by atomic mass is 16.5. The van der Waals surface area contributed by atoms with Crippen molar-refractivity contribution >= 4 is 17.4 Å². The number of nitrogens with one attached hydrogen (secondary N) is 1. The molecule has 0 spiro atoms. The average Bonchev–Trinajstić information content (AvgIpc) is 3.11. The quantitative estimate of drug-likeness (QED) is 0.735. The number of carbonyl (C=O) groups excluding carboxylic acids is 1. The van der Waals surface area contributed by atoms with Gasteiger partial charge in [-0.25, -0.2) is 0 Å². The maximum atomic E-state index is 11.8. The van der Waals surface area contributed by atoms with Crippen LogP contribution in [0.2, 0.25) is 0 Å². The molecule has 0 atom stereocenters. The fourth-order valence-corrected chi connectivity index (χ4v) is 3.10. The third-order valence-electron chi connectivity index (χ3n) is 4.71. The highest BCUT2D eigenvalue weighted by Gasteiger charge is 2.31. The van der Waals surface area contributed by atoms with Crippen molar-refractivity contribution in [2.24, 2.45) is 5.92 Å². The van der Waals surface area contributed by atoms with Gasteiger partial charge in [-0.05, 0) is 25.0 Å². The second-order valence-electron chi connectivity index (χ2n) is 6.65. The molecule has 2 aliphatic rings. The van der Waals surface area contributed by atoms with Crippen LogP contribution in [-0.2, 0) is 0 Å². The van der Waals surface area contributed by atoms with E-state index in [1.54, 1.807) is 6.07 Å². The molecule has 128 valence electrons. The molecule has 1 saturated carbocycles. The van der Waals surface area contributed by atoms with E-state index in [0.717, 1.165) is 30.4 Å². The van der Waals surface area contributed by atoms with Crippen LogP contribution in [-0.4, -0.2) is 50.5 Å². The molecule has 1 saturated heterocycles. The Hall–Kier alpha value is -2.97. The summed E-state index contributed by atoms with van der Waals surface area (Å²) in [4.78, 5) is 14.0. The van der Waals surface area contributed by atoms with Crippen molar-refractivity contribution in [3.05, 3.63) is 36.0 Å². The lowest BCUT2D eigenvalue weighted by Gasteiger charge is -2.40. The molecule has 0 aromatic carbocycles. The van der Waals surface area contributed by atoms with Gasteiger partial charge >= 0.3 is 0 Å². The summed E-state index contributed by atoms with van der Waals surface area (Å²) in [7, 11) is 0. The molecule has 1 amide bonds. The molecule has 1 aliphatic heterocycles. The minimum atomic E-state index is -0.228. The van der Waals surface area contributed by atoms with E-state index >= 15 is 0 Å². The van der Waals surface area contributed by atoms with E-state index in [9.17, 15) is 4.79 Å². The van der Waals surface area contributed by atoms with Crippen LogP contribution in [0.25, 0.3) is 5.65 Å². The molecule has 0 radical (unpaired) electrons. The van der Waals surface area contributed by atoms with Gasteiger partial charge in [0, 0.05) is 37.5 Å². The van der Waals surface area contributed by atoms with E-state index in [1.807, 2.05) is 16.6 Å². The van der Waals surface area contributed by atoms with Crippen LogP contribution in [0.5, 0.6) is 0 Å². The summed E-state index contributed by atoms with van der Waals surface area (Å²) in [5.41, 5.74) is 0.794. The normalized spacial score (nSPS) is 17.7. The van der Waals surface area contributed by atoms with Crippen LogP contribution in [0.4, 0.5) is 5.82 Å². The molecule has 3 aromatic heterocycles. The largest absolute Gasteiger partial charge is 0.354 e. The van der Waals surface area contributed by atoms with E-state index < -0.39 is 0 Å². The Morgan fingerprint density at radius 1 is 1.24 bits per heavy atom. The number of anilines is 1. The minimum absolute atomic E-state index is 0.228. The maximum Gasteiger partial charge on any atom is 0.289 e. The van der Waals surface area contributed by atoms with Crippen molar-refractivity contribution in [1.29, 1.82) is 0 Å². The number of aromatic nitrogens is 5. The Morgan fingerprint density at radius 3 is 2.88 bits per heavy atom. The molecule has 1 N–H and O–H groups in total. The summed E-state index contributed by atoms with van der Waals surface area (Å²) in [6, 6.07) is 5.49. The van der Waals surface area contributed by atoms with Gasteiger partial charge in [0.1, 0.15) is 5.82 Å². The van der Waals surface area contributed by atoms with E-state index in [-0.39, 0.29) is 11.7 Å². The molecular formula is C16H17N7O2. The summed E-state index contributed by atoms with van der Waals surface area (Å²) < 4.78 is 6.71. The highest BCUT2D eigenvalue weighted by molar-refractivity contribution is 5.91. The standard InChI is InChI=1S/C16H17N7O2/c24-16(12-5-6-18-25-12)17-7-10-8-22(9-10)14-4-3-13-19-20-15(11-1-2-11)23(13)21-14/h3-6,10-11H,1-2,7-9H2,(H,17,24). The second kappa shape index (κ2) is 5.54. The lowest BCUT2D eigenvalue weighted by atomic mass is 10.0. The highest BCUT2D eigenvalue weighted by Crippen LogP contribution is 2.38. The fraction of sp³-hybridized carbons (Fsp3) is 0.438. The Balaban J connectivity index is 1.21. The third-order valence-corrected chi connectivity index (χ3v) is 4.71. The number of nitrogens with zero attached hydrogens (tertiary/aromatic N) is 6. The molecule has 3 aromatic rings. The van der Waals surface area contributed by atoms with Gasteiger partial charge in [-0.15, -0.1) is 15.3 Å². The molecule has 9 nitrogen and oxygen atoms in total. The Bertz CT molecular complexity index is 910. The van der Waals surface area contributed by atoms with Gasteiger partial charge in [0.25, 0.3) is 5.91 Å². The summed E-state index contributed by atoms with van der Waals surface area (Å²) in [5.74, 6) is 2.80. The van der Waals surface area contributed by atoms with E-state index in [2.05, 4.69) is 25.6 Å². The molecular weight excluding hydrogens is 322 g/mol. The minimum Gasteiger partial charge on any atom is -0.354 e. The first-order valence-electron chi connectivity index (χ1n) is 8.44. The van der Waals surface area contributed by atoms with E-state index in [4.69, 9.17) is 9.62 Å². The zero-order valence-corrected chi connectivity index (χ0v) is 13.5. The zero-order valence-electron chi connectivity index (χ0n) is 13.5. The van der Waals surface area contributed by atoms with Crippen molar-refractivity contribution < 1.29 is 9.32 Å². The van der Waals surface area contributed by atoms with Gasteiger partial charge in [0.05, 0.1) is 6.20 Å². The van der Waals surface area contributed by atoms with E-state index in [1.165, 1.54) is 19.0 Å². The molecule has 0 bridgehead atoms. The van der Waals surface area contributed by atoms with Crippen LogP contribution in [0, 0.1) is 5.92 Å². The predicted octanol–water partition coefficient (Wildman–Crippen LogP) is 0.856. The maximum absolute atomic E-state index is 11.8. The zero-order chi connectivity index (χ0) is 16.8. The van der Waals surface area contributed by atoms with Gasteiger partial charge in [-0.1, -0.05) is 5.16 Å². The Kier molecular flexibility index (Phi) is 3.19. The predicted molar refractivity (Wildman–Crippen MR) is 87.3 cm³/mol. The SMILES string of the molecule is O=C(NCC1CN(c2ccc3nnc(C4CC4)n3n2)C1)c1ccno1. The summed E-state index contributed by atoms with van der Waals surface area (Å²) in [6.07, 6.45) is 3.80. The topological polar surface area (TPSA) is 101 Å². The van der Waals surface area contributed by atoms with Crippen LogP contribution in [0.15, 0.2) is 28.9 Å².